The molecule has 0 radical (unpaired) electrons. The van der Waals surface area contributed by atoms with E-state index in [1.54, 1.807) is 13.2 Å². The van der Waals surface area contributed by atoms with Crippen molar-refractivity contribution in [3.63, 3.8) is 0 Å². The second-order valence-electron chi connectivity index (χ2n) is 6.86. The van der Waals surface area contributed by atoms with Gasteiger partial charge in [-0.05, 0) is 55.0 Å². The number of aliphatic hydroxyl groups is 1. The van der Waals surface area contributed by atoms with Crippen LogP contribution in [0.4, 0.5) is 5.69 Å². The van der Waals surface area contributed by atoms with Gasteiger partial charge in [-0.15, -0.1) is 24.8 Å². The summed E-state index contributed by atoms with van der Waals surface area (Å²) in [6, 6.07) is 13.7. The molecule has 1 fully saturated rings. The summed E-state index contributed by atoms with van der Waals surface area (Å²) in [5.41, 5.74) is 2.18. The van der Waals surface area contributed by atoms with E-state index in [1.807, 2.05) is 31.2 Å². The van der Waals surface area contributed by atoms with Crippen LogP contribution in [0.2, 0.25) is 5.02 Å². The Morgan fingerprint density at radius 3 is 2.28 bits per heavy atom. The van der Waals surface area contributed by atoms with Gasteiger partial charge in [-0.1, -0.05) is 11.6 Å². The molecule has 8 heteroatoms. The van der Waals surface area contributed by atoms with Gasteiger partial charge in [0.2, 0.25) is 0 Å². The largest absolute Gasteiger partial charge is 0.497 e. The number of anilines is 1. The van der Waals surface area contributed by atoms with Crippen molar-refractivity contribution >= 4 is 42.1 Å². The van der Waals surface area contributed by atoms with E-state index in [4.69, 9.17) is 21.1 Å². The number of halogens is 3. The summed E-state index contributed by atoms with van der Waals surface area (Å²) in [5, 5.41) is 11.0. The number of aliphatic hydroxyl groups excluding tert-OH is 1. The zero-order valence-corrected chi connectivity index (χ0v) is 19.1. The van der Waals surface area contributed by atoms with Crippen molar-refractivity contribution < 1.29 is 14.6 Å². The fraction of sp³-hybridized carbons (Fsp3) is 0.429. The number of hydrogen-bond donors (Lipinski definition) is 1. The van der Waals surface area contributed by atoms with Gasteiger partial charge in [0.05, 0.1) is 7.11 Å². The molecule has 0 aromatic heterocycles. The summed E-state index contributed by atoms with van der Waals surface area (Å²) in [6.07, 6.45) is -0.521. The van der Waals surface area contributed by atoms with Gasteiger partial charge in [-0.2, -0.15) is 0 Å². The topological polar surface area (TPSA) is 45.2 Å². The van der Waals surface area contributed by atoms with Crippen LogP contribution in [0.3, 0.4) is 0 Å². The van der Waals surface area contributed by atoms with Gasteiger partial charge in [0.25, 0.3) is 0 Å². The van der Waals surface area contributed by atoms with E-state index in [0.717, 1.165) is 43.2 Å². The highest BCUT2D eigenvalue weighted by Crippen LogP contribution is 2.22. The van der Waals surface area contributed by atoms with Crippen LogP contribution in [0.5, 0.6) is 11.5 Å². The SMILES string of the molecule is COc1ccc(N2CCN(CC(O)COc3ccc(Cl)cc3C)CC2)cc1.Cl.Cl. The molecule has 0 bridgehead atoms. The normalized spacial score (nSPS) is 15.1. The summed E-state index contributed by atoms with van der Waals surface area (Å²) in [7, 11) is 1.68. The van der Waals surface area contributed by atoms with Gasteiger partial charge in [0.1, 0.15) is 24.2 Å². The Balaban J connectivity index is 0.00000210. The zero-order valence-electron chi connectivity index (χ0n) is 16.7. The predicted molar refractivity (Wildman–Crippen MR) is 124 cm³/mol. The number of β-amino-alcohol motifs (C(OH)–C–C–N with tert-alkyl or cyclic N) is 1. The van der Waals surface area contributed by atoms with E-state index in [0.29, 0.717) is 11.6 Å². The van der Waals surface area contributed by atoms with E-state index in [1.165, 1.54) is 5.69 Å². The fourth-order valence-corrected chi connectivity index (χ4v) is 3.52. The average molecular weight is 464 g/mol. The fourth-order valence-electron chi connectivity index (χ4n) is 3.29. The molecular weight excluding hydrogens is 435 g/mol. The van der Waals surface area contributed by atoms with Crippen molar-refractivity contribution in [3.8, 4) is 11.5 Å². The molecule has 2 aromatic rings. The molecule has 1 saturated heterocycles. The monoisotopic (exact) mass is 462 g/mol. The lowest BCUT2D eigenvalue weighted by Crippen LogP contribution is -2.49. The number of ether oxygens (including phenoxy) is 2. The van der Waals surface area contributed by atoms with Crippen molar-refractivity contribution in [1.82, 2.24) is 4.90 Å². The summed E-state index contributed by atoms with van der Waals surface area (Å²) in [5.74, 6) is 1.64. The van der Waals surface area contributed by atoms with Crippen LogP contribution in [-0.4, -0.2) is 62.6 Å². The molecule has 3 rings (SSSR count). The Hall–Kier alpha value is -1.37. The number of aryl methyl sites for hydroxylation is 1. The lowest BCUT2D eigenvalue weighted by molar-refractivity contribution is 0.0661. The second kappa shape index (κ2) is 12.4. The summed E-state index contributed by atoms with van der Waals surface area (Å²) < 4.78 is 11.0. The summed E-state index contributed by atoms with van der Waals surface area (Å²) in [6.45, 7) is 6.56. The molecule has 1 unspecified atom stereocenters. The highest BCUT2D eigenvalue weighted by atomic mass is 35.5. The average Bonchev–Trinajstić information content (AvgIpc) is 2.68. The number of piperazine rings is 1. The molecule has 1 N–H and O–H groups in total. The van der Waals surface area contributed by atoms with Gasteiger partial charge in [-0.3, -0.25) is 4.90 Å². The Labute approximate surface area is 190 Å². The molecule has 1 aliphatic heterocycles. The molecule has 2 aromatic carbocycles. The second-order valence-corrected chi connectivity index (χ2v) is 7.30. The molecule has 5 nitrogen and oxygen atoms in total. The van der Waals surface area contributed by atoms with E-state index < -0.39 is 6.10 Å². The minimum atomic E-state index is -0.521. The van der Waals surface area contributed by atoms with Gasteiger partial charge in [0, 0.05) is 43.4 Å². The molecular formula is C21H29Cl3N2O3. The molecule has 162 valence electrons. The van der Waals surface area contributed by atoms with Crippen molar-refractivity contribution in [2.75, 3.05) is 51.3 Å². The number of rotatable bonds is 7. The smallest absolute Gasteiger partial charge is 0.122 e. The van der Waals surface area contributed by atoms with Crippen LogP contribution >= 0.6 is 36.4 Å². The number of nitrogens with zero attached hydrogens (tertiary/aromatic N) is 2. The Morgan fingerprint density at radius 1 is 1.03 bits per heavy atom. The third-order valence-corrected chi connectivity index (χ3v) is 5.08. The minimum absolute atomic E-state index is 0. The van der Waals surface area contributed by atoms with E-state index in [9.17, 15) is 5.11 Å². The molecule has 1 heterocycles. The first-order chi connectivity index (χ1) is 13.0. The van der Waals surface area contributed by atoms with Gasteiger partial charge in [0.15, 0.2) is 0 Å². The van der Waals surface area contributed by atoms with Crippen LogP contribution in [0.15, 0.2) is 42.5 Å². The highest BCUT2D eigenvalue weighted by molar-refractivity contribution is 6.30. The first kappa shape index (κ1) is 25.7. The third kappa shape index (κ3) is 7.43. The van der Waals surface area contributed by atoms with Gasteiger partial charge >= 0.3 is 0 Å². The molecule has 1 aliphatic rings. The Kier molecular flexibility index (Phi) is 10.9. The Bertz CT molecular complexity index is 738. The van der Waals surface area contributed by atoms with E-state index in [2.05, 4.69) is 21.9 Å². The van der Waals surface area contributed by atoms with Crippen molar-refractivity contribution in [2.45, 2.75) is 13.0 Å². The molecule has 29 heavy (non-hydrogen) atoms. The predicted octanol–water partition coefficient (Wildman–Crippen LogP) is 4.06. The number of methoxy groups -OCH3 is 1. The first-order valence-electron chi connectivity index (χ1n) is 9.23. The Morgan fingerprint density at radius 2 is 1.69 bits per heavy atom. The van der Waals surface area contributed by atoms with E-state index >= 15 is 0 Å². The van der Waals surface area contributed by atoms with Crippen LogP contribution in [0.1, 0.15) is 5.56 Å². The van der Waals surface area contributed by atoms with Crippen LogP contribution in [-0.2, 0) is 0 Å². The molecule has 0 saturated carbocycles. The molecule has 0 amide bonds. The molecule has 0 aliphatic carbocycles. The molecule has 1 atom stereocenters. The summed E-state index contributed by atoms with van der Waals surface area (Å²) in [4.78, 5) is 4.64. The van der Waals surface area contributed by atoms with Gasteiger partial charge < -0.3 is 19.5 Å². The van der Waals surface area contributed by atoms with Crippen LogP contribution in [0, 0.1) is 6.92 Å². The van der Waals surface area contributed by atoms with Crippen molar-refractivity contribution in [1.29, 1.82) is 0 Å². The van der Waals surface area contributed by atoms with Crippen molar-refractivity contribution in [2.24, 2.45) is 0 Å². The highest BCUT2D eigenvalue weighted by Gasteiger charge is 2.20. The van der Waals surface area contributed by atoms with Crippen LogP contribution in [0.25, 0.3) is 0 Å². The maximum Gasteiger partial charge on any atom is 0.122 e. The standard InChI is InChI=1S/C21H27ClN2O3.2ClH/c1-16-13-17(22)3-8-21(16)27-15-19(25)14-23-9-11-24(12-10-23)18-4-6-20(26-2)7-5-18;;/h3-8,13,19,25H,9-12,14-15H2,1-2H3;2*1H. The molecule has 0 spiro atoms. The number of benzene rings is 2. The maximum atomic E-state index is 10.3. The third-order valence-electron chi connectivity index (χ3n) is 4.85. The zero-order chi connectivity index (χ0) is 19.2. The lowest BCUT2D eigenvalue weighted by atomic mass is 10.2. The quantitative estimate of drug-likeness (QED) is 0.671. The maximum absolute atomic E-state index is 10.3. The lowest BCUT2D eigenvalue weighted by Gasteiger charge is -2.36. The van der Waals surface area contributed by atoms with Crippen LogP contribution < -0.4 is 14.4 Å². The van der Waals surface area contributed by atoms with Crippen molar-refractivity contribution in [3.05, 3.63) is 53.1 Å². The minimum Gasteiger partial charge on any atom is -0.497 e. The summed E-state index contributed by atoms with van der Waals surface area (Å²) >= 11 is 5.96. The first-order valence-corrected chi connectivity index (χ1v) is 9.61. The number of hydrogen-bond acceptors (Lipinski definition) is 5. The van der Waals surface area contributed by atoms with E-state index in [-0.39, 0.29) is 31.4 Å². The van der Waals surface area contributed by atoms with Gasteiger partial charge in [-0.25, -0.2) is 0 Å².